The van der Waals surface area contributed by atoms with E-state index in [0.717, 1.165) is 31.9 Å². The fraction of sp³-hybridized carbons (Fsp3) is 0.533. The number of fused-ring (bicyclic) bond motifs is 1. The van der Waals surface area contributed by atoms with Crippen LogP contribution in [-0.2, 0) is 10.9 Å². The molecule has 9 nitrogen and oxygen atoms in total. The van der Waals surface area contributed by atoms with Crippen LogP contribution in [0.3, 0.4) is 0 Å². The average Bonchev–Trinajstić information content (AvgIpc) is 3.24. The van der Waals surface area contributed by atoms with Gasteiger partial charge in [0, 0.05) is 61.9 Å². The largest absolute Gasteiger partial charge is 0.444 e. The summed E-state index contributed by atoms with van der Waals surface area (Å²) in [6, 6.07) is 2.92. The van der Waals surface area contributed by atoms with E-state index in [0.29, 0.717) is 52.9 Å². The van der Waals surface area contributed by atoms with Gasteiger partial charge in [-0.1, -0.05) is 6.07 Å². The van der Waals surface area contributed by atoms with Gasteiger partial charge < -0.3 is 24.8 Å². The van der Waals surface area contributed by atoms with Crippen LogP contribution in [0.2, 0.25) is 0 Å². The summed E-state index contributed by atoms with van der Waals surface area (Å²) in [5.41, 5.74) is -0.885. The SMILES string of the molecule is CN(CCCCCl)C(=O)c1ccc2c(-c3nc(N[C@H]4CCCCN(C(=O)OC(C)(C)C)C4)ncc3C(F)(F)F)c[nH]c2c1Br. The van der Waals surface area contributed by atoms with E-state index in [1.165, 1.54) is 6.20 Å². The van der Waals surface area contributed by atoms with Crippen molar-refractivity contribution in [1.29, 1.82) is 0 Å². The van der Waals surface area contributed by atoms with Gasteiger partial charge in [-0.05, 0) is 74.9 Å². The number of carbonyl (C=O) groups is 2. The number of unbranched alkanes of at least 4 members (excludes halogenated alkanes) is 1. The van der Waals surface area contributed by atoms with Crippen molar-refractivity contribution in [2.45, 2.75) is 70.7 Å². The Morgan fingerprint density at radius 2 is 1.98 bits per heavy atom. The number of rotatable bonds is 8. The predicted molar refractivity (Wildman–Crippen MR) is 168 cm³/mol. The molecule has 0 bridgehead atoms. The molecule has 0 radical (unpaired) electrons. The first-order valence-corrected chi connectivity index (χ1v) is 15.8. The maximum atomic E-state index is 14.2. The lowest BCUT2D eigenvalue weighted by molar-refractivity contribution is -0.137. The highest BCUT2D eigenvalue weighted by molar-refractivity contribution is 9.10. The third kappa shape index (κ3) is 8.15. The highest BCUT2D eigenvalue weighted by Crippen LogP contribution is 2.40. The molecule has 1 aromatic carbocycles. The molecule has 1 atom stereocenters. The highest BCUT2D eigenvalue weighted by Gasteiger charge is 2.37. The van der Waals surface area contributed by atoms with Crippen molar-refractivity contribution in [3.63, 3.8) is 0 Å². The Kier molecular flexibility index (Phi) is 10.7. The predicted octanol–water partition coefficient (Wildman–Crippen LogP) is 7.70. The molecule has 240 valence electrons. The molecule has 4 rings (SSSR count). The van der Waals surface area contributed by atoms with Crippen LogP contribution >= 0.6 is 27.5 Å². The number of nitrogens with one attached hydrogen (secondary N) is 2. The molecule has 3 aromatic rings. The second-order valence-corrected chi connectivity index (χ2v) is 13.1. The van der Waals surface area contributed by atoms with Crippen LogP contribution in [0.1, 0.15) is 68.8 Å². The molecule has 1 aliphatic rings. The summed E-state index contributed by atoms with van der Waals surface area (Å²) >= 11 is 9.24. The molecular weight excluding hydrogens is 665 g/mol. The molecule has 0 aliphatic carbocycles. The number of amides is 2. The summed E-state index contributed by atoms with van der Waals surface area (Å²) in [4.78, 5) is 40.4. The van der Waals surface area contributed by atoms with E-state index in [1.807, 2.05) is 0 Å². The number of halogens is 5. The van der Waals surface area contributed by atoms with Crippen LogP contribution < -0.4 is 5.32 Å². The van der Waals surface area contributed by atoms with Crippen molar-refractivity contribution < 1.29 is 27.5 Å². The number of hydrogen-bond acceptors (Lipinski definition) is 6. The van der Waals surface area contributed by atoms with E-state index in [4.69, 9.17) is 16.3 Å². The molecule has 0 unspecified atom stereocenters. The number of likely N-dealkylation sites (tertiary alicyclic amines) is 1. The van der Waals surface area contributed by atoms with E-state index in [2.05, 4.69) is 36.2 Å². The van der Waals surface area contributed by atoms with Crippen molar-refractivity contribution in [3.8, 4) is 11.3 Å². The minimum Gasteiger partial charge on any atom is -0.444 e. The topological polar surface area (TPSA) is 103 Å². The normalized spacial score (nSPS) is 16.1. The number of nitrogens with zero attached hydrogens (tertiary/aromatic N) is 4. The van der Waals surface area contributed by atoms with Gasteiger partial charge in [0.1, 0.15) is 11.2 Å². The van der Waals surface area contributed by atoms with Crippen molar-refractivity contribution in [1.82, 2.24) is 24.8 Å². The smallest absolute Gasteiger partial charge is 0.419 e. The van der Waals surface area contributed by atoms with Gasteiger partial charge in [0.25, 0.3) is 5.91 Å². The zero-order valence-electron chi connectivity index (χ0n) is 25.2. The zero-order chi connectivity index (χ0) is 32.2. The number of aromatic nitrogens is 3. The maximum Gasteiger partial charge on any atom is 0.419 e. The number of ether oxygens (including phenoxy) is 1. The Labute approximate surface area is 268 Å². The Morgan fingerprint density at radius 3 is 2.66 bits per heavy atom. The van der Waals surface area contributed by atoms with Gasteiger partial charge in [-0.25, -0.2) is 14.8 Å². The second kappa shape index (κ2) is 13.9. The summed E-state index contributed by atoms with van der Waals surface area (Å²) in [6.45, 7) is 6.72. The monoisotopic (exact) mass is 700 g/mol. The lowest BCUT2D eigenvalue weighted by atomic mass is 10.0. The molecule has 1 saturated heterocycles. The molecular formula is C30H37BrClF3N6O3. The third-order valence-corrected chi connectivity index (χ3v) is 8.34. The Hall–Kier alpha value is -3.06. The van der Waals surface area contributed by atoms with Gasteiger partial charge in [0.05, 0.1) is 21.2 Å². The van der Waals surface area contributed by atoms with Crippen molar-refractivity contribution in [2.24, 2.45) is 0 Å². The van der Waals surface area contributed by atoms with Gasteiger partial charge in [0.2, 0.25) is 5.95 Å². The molecule has 44 heavy (non-hydrogen) atoms. The van der Waals surface area contributed by atoms with E-state index < -0.39 is 23.4 Å². The number of alkyl halides is 4. The fourth-order valence-electron chi connectivity index (χ4n) is 5.07. The highest BCUT2D eigenvalue weighted by atomic mass is 79.9. The number of aromatic amines is 1. The first kappa shape index (κ1) is 33.8. The fourth-order valence-corrected chi connectivity index (χ4v) is 5.89. The van der Waals surface area contributed by atoms with E-state index in [1.54, 1.807) is 49.8 Å². The molecule has 2 aromatic heterocycles. The Balaban J connectivity index is 1.65. The number of carbonyl (C=O) groups excluding carboxylic acids is 2. The van der Waals surface area contributed by atoms with Crippen LogP contribution in [0.25, 0.3) is 22.2 Å². The minimum atomic E-state index is -4.72. The molecule has 14 heteroatoms. The summed E-state index contributed by atoms with van der Waals surface area (Å²) in [7, 11) is 1.69. The van der Waals surface area contributed by atoms with E-state index in [-0.39, 0.29) is 29.2 Å². The first-order chi connectivity index (χ1) is 20.7. The quantitative estimate of drug-likeness (QED) is 0.184. The summed E-state index contributed by atoms with van der Waals surface area (Å²) in [5, 5.41) is 3.61. The van der Waals surface area contributed by atoms with Crippen LogP contribution in [0.4, 0.5) is 23.9 Å². The van der Waals surface area contributed by atoms with Gasteiger partial charge in [-0.2, -0.15) is 13.2 Å². The Bertz CT molecular complexity index is 1490. The Morgan fingerprint density at radius 1 is 1.23 bits per heavy atom. The number of H-pyrrole nitrogens is 1. The van der Waals surface area contributed by atoms with Gasteiger partial charge in [-0.15, -0.1) is 11.6 Å². The van der Waals surface area contributed by atoms with Crippen LogP contribution in [0.15, 0.2) is 29.0 Å². The summed E-state index contributed by atoms with van der Waals surface area (Å²) in [6.07, 6.45) is 0.853. The maximum absolute atomic E-state index is 14.2. The zero-order valence-corrected chi connectivity index (χ0v) is 27.5. The molecule has 1 aliphatic heterocycles. The van der Waals surface area contributed by atoms with Crippen LogP contribution in [0.5, 0.6) is 0 Å². The minimum absolute atomic E-state index is 0.0165. The van der Waals surface area contributed by atoms with Gasteiger partial charge >= 0.3 is 12.3 Å². The molecule has 0 spiro atoms. The van der Waals surface area contributed by atoms with Crippen molar-refractivity contribution in [3.05, 3.63) is 40.1 Å². The van der Waals surface area contributed by atoms with Crippen LogP contribution in [-0.4, -0.2) is 81.0 Å². The molecule has 3 heterocycles. The summed E-state index contributed by atoms with van der Waals surface area (Å²) in [5.74, 6) is 0.301. The van der Waals surface area contributed by atoms with E-state index in [9.17, 15) is 22.8 Å². The van der Waals surface area contributed by atoms with Gasteiger partial charge in [-0.3, -0.25) is 4.79 Å². The lowest BCUT2D eigenvalue weighted by Crippen LogP contribution is -2.42. The van der Waals surface area contributed by atoms with Crippen molar-refractivity contribution in [2.75, 3.05) is 37.9 Å². The summed E-state index contributed by atoms with van der Waals surface area (Å²) < 4.78 is 48.5. The molecule has 2 amide bonds. The molecule has 1 fully saturated rings. The average molecular weight is 702 g/mol. The third-order valence-electron chi connectivity index (χ3n) is 7.25. The second-order valence-electron chi connectivity index (χ2n) is 11.9. The molecule has 2 N–H and O–H groups in total. The van der Waals surface area contributed by atoms with Crippen LogP contribution in [0, 0.1) is 0 Å². The van der Waals surface area contributed by atoms with E-state index >= 15 is 0 Å². The number of benzene rings is 1. The molecule has 0 saturated carbocycles. The first-order valence-electron chi connectivity index (χ1n) is 14.5. The number of hydrogen-bond donors (Lipinski definition) is 2. The number of anilines is 1. The standard InChI is InChI=1S/C30H37BrClF3N6O3/c1-29(2,3)44-28(43)41-14-7-5-9-18(17-41)38-27-37-16-22(30(33,34)35)24(39-27)21-15-36-25-19(21)10-11-20(23(25)31)26(42)40(4)13-8-6-12-32/h10-11,15-16,18,36H,5-9,12-14,17H2,1-4H3,(H,37,38,39)/t18-/m0/s1. The lowest BCUT2D eigenvalue weighted by Gasteiger charge is -2.28. The van der Waals surface area contributed by atoms with Gasteiger partial charge in [0.15, 0.2) is 0 Å². The van der Waals surface area contributed by atoms with Crippen molar-refractivity contribution >= 4 is 56.4 Å².